The van der Waals surface area contributed by atoms with Gasteiger partial charge in [-0.25, -0.2) is 9.97 Å². The van der Waals surface area contributed by atoms with Gasteiger partial charge in [-0.1, -0.05) is 6.42 Å². The molecule has 1 aromatic heterocycles. The summed E-state index contributed by atoms with van der Waals surface area (Å²) in [6.45, 7) is 0.416. The number of halogens is 3. The minimum atomic E-state index is -4.67. The first-order valence-electron chi connectivity index (χ1n) is 8.95. The number of hydrogen-bond acceptors (Lipinski definition) is 6. The van der Waals surface area contributed by atoms with Gasteiger partial charge in [-0.15, -0.1) is 0 Å². The van der Waals surface area contributed by atoms with E-state index in [1.54, 1.807) is 0 Å². The van der Waals surface area contributed by atoms with E-state index in [1.165, 1.54) is 18.5 Å². The van der Waals surface area contributed by atoms with Gasteiger partial charge in [0.05, 0.1) is 23.3 Å². The van der Waals surface area contributed by atoms with Gasteiger partial charge in [0.2, 0.25) is 0 Å². The molecule has 1 aliphatic carbocycles. The van der Waals surface area contributed by atoms with E-state index in [0.29, 0.717) is 6.54 Å². The second kappa shape index (κ2) is 8.45. The van der Waals surface area contributed by atoms with Crippen LogP contribution in [-0.4, -0.2) is 33.6 Å². The number of alkyl halides is 3. The lowest BCUT2D eigenvalue weighted by Gasteiger charge is -2.16. The number of hydrogen-bond donors (Lipinski definition) is 3. The van der Waals surface area contributed by atoms with Crippen LogP contribution >= 0.6 is 0 Å². The normalized spacial score (nSPS) is 18.9. The van der Waals surface area contributed by atoms with E-state index in [0.717, 1.165) is 37.5 Å². The molecule has 3 rings (SSSR count). The Kier molecular flexibility index (Phi) is 5.98. The molecule has 10 heteroatoms. The molecule has 0 aliphatic heterocycles. The number of amides is 1. The highest BCUT2D eigenvalue weighted by atomic mass is 19.4. The highest BCUT2D eigenvalue weighted by molar-refractivity contribution is 6.06. The van der Waals surface area contributed by atoms with Gasteiger partial charge in [0, 0.05) is 30.5 Å². The Hall–Kier alpha value is -3.19. The molecular weight excluding hydrogens is 387 g/mol. The van der Waals surface area contributed by atoms with Crippen molar-refractivity contribution in [2.75, 3.05) is 17.2 Å². The van der Waals surface area contributed by atoms with E-state index < -0.39 is 29.3 Å². The van der Waals surface area contributed by atoms with Crippen LogP contribution in [0.1, 0.15) is 40.9 Å². The predicted molar refractivity (Wildman–Crippen MR) is 98.0 cm³/mol. The van der Waals surface area contributed by atoms with Gasteiger partial charge in [-0.05, 0) is 31.0 Å². The minimum absolute atomic E-state index is 0.0300. The number of nitrogens with zero attached hydrogens (tertiary/aromatic N) is 3. The summed E-state index contributed by atoms with van der Waals surface area (Å²) in [5.41, 5.74) is -1.68. The summed E-state index contributed by atoms with van der Waals surface area (Å²) in [7, 11) is 0. The van der Waals surface area contributed by atoms with Crippen molar-refractivity contribution >= 4 is 17.4 Å². The van der Waals surface area contributed by atoms with E-state index in [-0.39, 0.29) is 23.1 Å². The number of nitrogens with one attached hydrogen (secondary N) is 2. The van der Waals surface area contributed by atoms with Crippen LogP contribution in [-0.2, 0) is 6.18 Å². The SMILES string of the molecule is N#Cc1cc(NC(=O)c2nccnc2NCC2CCC[C@H]2O)ccc1C(F)(F)F. The third kappa shape index (κ3) is 4.81. The standard InChI is InChI=1S/C19H18F3N5O2/c20-19(21,22)14-5-4-13(8-12(14)9-23)27-18(29)16-17(25-7-6-24-16)26-10-11-2-1-3-15(11)28/h4-8,11,15,28H,1-3,10H2,(H,25,26)(H,27,29)/t11?,15-/m1/s1. The van der Waals surface area contributed by atoms with E-state index >= 15 is 0 Å². The number of anilines is 2. The Morgan fingerprint density at radius 1 is 1.28 bits per heavy atom. The molecule has 2 atom stereocenters. The maximum absolute atomic E-state index is 12.9. The van der Waals surface area contributed by atoms with E-state index in [2.05, 4.69) is 20.6 Å². The average molecular weight is 405 g/mol. The fourth-order valence-electron chi connectivity index (χ4n) is 3.27. The smallest absolute Gasteiger partial charge is 0.393 e. The van der Waals surface area contributed by atoms with Gasteiger partial charge < -0.3 is 15.7 Å². The lowest BCUT2D eigenvalue weighted by molar-refractivity contribution is -0.137. The van der Waals surface area contributed by atoms with Gasteiger partial charge >= 0.3 is 6.18 Å². The van der Waals surface area contributed by atoms with Crippen LogP contribution in [0.25, 0.3) is 0 Å². The zero-order valence-corrected chi connectivity index (χ0v) is 15.2. The Labute approximate surface area is 164 Å². The molecular formula is C19H18F3N5O2. The highest BCUT2D eigenvalue weighted by Gasteiger charge is 2.33. The molecule has 1 aliphatic rings. The molecule has 1 fully saturated rings. The first-order chi connectivity index (χ1) is 13.8. The molecule has 3 N–H and O–H groups in total. The highest BCUT2D eigenvalue weighted by Crippen LogP contribution is 2.33. The molecule has 152 valence electrons. The summed E-state index contributed by atoms with van der Waals surface area (Å²) in [6.07, 6.45) is 0.159. The van der Waals surface area contributed by atoms with Crippen molar-refractivity contribution in [2.45, 2.75) is 31.5 Å². The van der Waals surface area contributed by atoms with Gasteiger partial charge in [-0.2, -0.15) is 18.4 Å². The molecule has 1 aromatic carbocycles. The molecule has 29 heavy (non-hydrogen) atoms. The fourth-order valence-corrected chi connectivity index (χ4v) is 3.27. The van der Waals surface area contributed by atoms with Gasteiger partial charge in [0.25, 0.3) is 5.91 Å². The summed E-state index contributed by atoms with van der Waals surface area (Å²) >= 11 is 0. The van der Waals surface area contributed by atoms with Crippen LogP contribution in [0.3, 0.4) is 0 Å². The molecule has 1 unspecified atom stereocenters. The molecule has 1 saturated carbocycles. The molecule has 1 heterocycles. The van der Waals surface area contributed by atoms with Crippen LogP contribution < -0.4 is 10.6 Å². The number of nitriles is 1. The molecule has 0 bridgehead atoms. The minimum Gasteiger partial charge on any atom is -0.393 e. The van der Waals surface area contributed by atoms with Crippen LogP contribution in [0.5, 0.6) is 0 Å². The quantitative estimate of drug-likeness (QED) is 0.705. The van der Waals surface area contributed by atoms with Crippen molar-refractivity contribution in [2.24, 2.45) is 5.92 Å². The third-order valence-corrected chi connectivity index (χ3v) is 4.77. The van der Waals surface area contributed by atoms with E-state index in [9.17, 15) is 23.1 Å². The lowest BCUT2D eigenvalue weighted by atomic mass is 10.1. The first kappa shape index (κ1) is 20.5. The second-order valence-electron chi connectivity index (χ2n) is 6.72. The zero-order valence-electron chi connectivity index (χ0n) is 15.2. The third-order valence-electron chi connectivity index (χ3n) is 4.77. The van der Waals surface area contributed by atoms with E-state index in [1.807, 2.05) is 0 Å². The number of carbonyl (C=O) groups is 1. The number of aliphatic hydroxyl groups is 1. The van der Waals surface area contributed by atoms with Crippen LogP contribution in [0, 0.1) is 17.2 Å². The largest absolute Gasteiger partial charge is 0.417 e. The van der Waals surface area contributed by atoms with Crippen LogP contribution in [0.4, 0.5) is 24.7 Å². The Bertz CT molecular complexity index is 942. The molecule has 1 amide bonds. The average Bonchev–Trinajstić information content (AvgIpc) is 3.10. The van der Waals surface area contributed by atoms with Crippen LogP contribution in [0.2, 0.25) is 0 Å². The summed E-state index contributed by atoms with van der Waals surface area (Å²) < 4.78 is 38.7. The van der Waals surface area contributed by atoms with Crippen molar-refractivity contribution in [1.82, 2.24) is 9.97 Å². The maximum Gasteiger partial charge on any atom is 0.417 e. The monoisotopic (exact) mass is 405 g/mol. The molecule has 0 spiro atoms. The maximum atomic E-state index is 12.9. The molecule has 2 aromatic rings. The Morgan fingerprint density at radius 2 is 2.03 bits per heavy atom. The van der Waals surface area contributed by atoms with Crippen molar-refractivity contribution in [3.05, 3.63) is 47.4 Å². The Morgan fingerprint density at radius 3 is 2.69 bits per heavy atom. The first-order valence-corrected chi connectivity index (χ1v) is 8.95. The zero-order chi connectivity index (χ0) is 21.0. The topological polar surface area (TPSA) is 111 Å². The number of benzene rings is 1. The van der Waals surface area contributed by atoms with Crippen molar-refractivity contribution < 1.29 is 23.1 Å². The fraction of sp³-hybridized carbons (Fsp3) is 0.368. The number of carbonyl (C=O) groups excluding carboxylic acids is 1. The predicted octanol–water partition coefficient (Wildman–Crippen LogP) is 3.19. The summed E-state index contributed by atoms with van der Waals surface area (Å²) in [6, 6.07) is 4.26. The van der Waals surface area contributed by atoms with E-state index in [4.69, 9.17) is 5.26 Å². The van der Waals surface area contributed by atoms with Gasteiger partial charge in [0.15, 0.2) is 11.5 Å². The molecule has 0 saturated heterocycles. The number of rotatable bonds is 5. The van der Waals surface area contributed by atoms with Crippen molar-refractivity contribution in [3.8, 4) is 6.07 Å². The molecule has 0 radical (unpaired) electrons. The number of aromatic nitrogens is 2. The summed E-state index contributed by atoms with van der Waals surface area (Å²) in [5.74, 6) is -0.436. The Balaban J connectivity index is 1.75. The second-order valence-corrected chi connectivity index (χ2v) is 6.72. The van der Waals surface area contributed by atoms with Gasteiger partial charge in [-0.3, -0.25) is 4.79 Å². The van der Waals surface area contributed by atoms with Crippen LogP contribution in [0.15, 0.2) is 30.6 Å². The molecule has 7 nitrogen and oxygen atoms in total. The van der Waals surface area contributed by atoms with Crippen molar-refractivity contribution in [3.63, 3.8) is 0 Å². The van der Waals surface area contributed by atoms with Gasteiger partial charge in [0.1, 0.15) is 0 Å². The summed E-state index contributed by atoms with van der Waals surface area (Å²) in [5, 5.41) is 24.3. The number of aliphatic hydroxyl groups excluding tert-OH is 1. The lowest BCUT2D eigenvalue weighted by Crippen LogP contribution is -2.24. The summed E-state index contributed by atoms with van der Waals surface area (Å²) in [4.78, 5) is 20.7. The van der Waals surface area contributed by atoms with Crippen molar-refractivity contribution in [1.29, 1.82) is 5.26 Å².